The number of carbonyl (C=O) groups is 1. The predicted octanol–water partition coefficient (Wildman–Crippen LogP) is 2.36. The standard InChI is InChI=1S/C14H11F3N2O/c15-11-4-3-10(13(16)14(11)17)6-12(20)19-8-9-2-1-5-18-7-9/h1-5,7H,6,8H2,(H,19,20). The highest BCUT2D eigenvalue weighted by atomic mass is 19.2. The second-order valence-corrected chi connectivity index (χ2v) is 4.15. The van der Waals surface area contributed by atoms with Crippen molar-refractivity contribution in [3.8, 4) is 0 Å². The minimum Gasteiger partial charge on any atom is -0.352 e. The third-order valence-corrected chi connectivity index (χ3v) is 2.68. The molecular weight excluding hydrogens is 269 g/mol. The predicted molar refractivity (Wildman–Crippen MR) is 66.1 cm³/mol. The Balaban J connectivity index is 1.97. The molecule has 1 amide bonds. The normalized spacial score (nSPS) is 10.3. The van der Waals surface area contributed by atoms with E-state index < -0.39 is 23.4 Å². The van der Waals surface area contributed by atoms with Crippen molar-refractivity contribution in [3.63, 3.8) is 0 Å². The maximum Gasteiger partial charge on any atom is 0.224 e. The number of carbonyl (C=O) groups excluding carboxylic acids is 1. The third-order valence-electron chi connectivity index (χ3n) is 2.68. The Bertz CT molecular complexity index is 617. The monoisotopic (exact) mass is 280 g/mol. The van der Waals surface area contributed by atoms with E-state index in [1.165, 1.54) is 0 Å². The number of benzene rings is 1. The highest BCUT2D eigenvalue weighted by molar-refractivity contribution is 5.78. The summed E-state index contributed by atoms with van der Waals surface area (Å²) in [6.07, 6.45) is 2.82. The van der Waals surface area contributed by atoms with Gasteiger partial charge in [0.1, 0.15) is 0 Å². The Labute approximate surface area is 113 Å². The molecule has 0 saturated heterocycles. The van der Waals surface area contributed by atoms with Gasteiger partial charge in [-0.2, -0.15) is 0 Å². The maximum atomic E-state index is 13.4. The fraction of sp³-hybridized carbons (Fsp3) is 0.143. The van der Waals surface area contributed by atoms with E-state index in [4.69, 9.17) is 0 Å². The molecule has 0 bridgehead atoms. The Hall–Kier alpha value is -2.37. The molecule has 0 atom stereocenters. The Kier molecular flexibility index (Phi) is 4.34. The van der Waals surface area contributed by atoms with Crippen LogP contribution in [0, 0.1) is 17.5 Å². The quantitative estimate of drug-likeness (QED) is 0.874. The summed E-state index contributed by atoms with van der Waals surface area (Å²) in [5, 5.41) is 2.55. The van der Waals surface area contributed by atoms with E-state index >= 15 is 0 Å². The second kappa shape index (κ2) is 6.18. The summed E-state index contributed by atoms with van der Waals surface area (Å²) in [7, 11) is 0. The number of pyridine rings is 1. The Morgan fingerprint density at radius 1 is 1.15 bits per heavy atom. The summed E-state index contributed by atoms with van der Waals surface area (Å²) in [5.41, 5.74) is 0.596. The molecular formula is C14H11F3N2O. The summed E-state index contributed by atoms with van der Waals surface area (Å²) in [5.74, 6) is -4.66. The summed E-state index contributed by atoms with van der Waals surface area (Å²) in [6.45, 7) is 0.234. The average molecular weight is 280 g/mol. The minimum atomic E-state index is -1.57. The van der Waals surface area contributed by atoms with Crippen LogP contribution in [0.1, 0.15) is 11.1 Å². The van der Waals surface area contributed by atoms with E-state index in [0.29, 0.717) is 0 Å². The lowest BCUT2D eigenvalue weighted by atomic mass is 10.1. The molecule has 0 aliphatic rings. The van der Waals surface area contributed by atoms with E-state index in [-0.39, 0.29) is 18.5 Å². The van der Waals surface area contributed by atoms with Gasteiger partial charge in [0.25, 0.3) is 0 Å². The molecule has 3 nitrogen and oxygen atoms in total. The van der Waals surface area contributed by atoms with E-state index in [0.717, 1.165) is 17.7 Å². The van der Waals surface area contributed by atoms with Crippen LogP contribution in [0.15, 0.2) is 36.7 Å². The van der Waals surface area contributed by atoms with E-state index in [1.54, 1.807) is 24.5 Å². The first-order valence-electron chi connectivity index (χ1n) is 5.86. The number of aromatic nitrogens is 1. The van der Waals surface area contributed by atoms with Crippen molar-refractivity contribution < 1.29 is 18.0 Å². The second-order valence-electron chi connectivity index (χ2n) is 4.15. The largest absolute Gasteiger partial charge is 0.352 e. The molecule has 0 radical (unpaired) electrons. The zero-order valence-electron chi connectivity index (χ0n) is 10.4. The zero-order valence-corrected chi connectivity index (χ0v) is 10.4. The summed E-state index contributed by atoms with van der Waals surface area (Å²) < 4.78 is 39.1. The number of rotatable bonds is 4. The molecule has 0 aliphatic heterocycles. The van der Waals surface area contributed by atoms with E-state index in [9.17, 15) is 18.0 Å². The summed E-state index contributed by atoms with van der Waals surface area (Å²) >= 11 is 0. The Morgan fingerprint density at radius 2 is 1.95 bits per heavy atom. The zero-order chi connectivity index (χ0) is 14.5. The van der Waals surface area contributed by atoms with Crippen LogP contribution in [0.25, 0.3) is 0 Å². The van der Waals surface area contributed by atoms with E-state index in [1.807, 2.05) is 0 Å². The van der Waals surface area contributed by atoms with Crippen molar-refractivity contribution in [1.29, 1.82) is 0 Å². The highest BCUT2D eigenvalue weighted by Gasteiger charge is 2.15. The summed E-state index contributed by atoms with van der Waals surface area (Å²) in [4.78, 5) is 15.5. The molecule has 0 spiro atoms. The molecule has 1 aromatic heterocycles. The van der Waals surface area contributed by atoms with Gasteiger partial charge in [0.2, 0.25) is 5.91 Å². The fourth-order valence-corrected chi connectivity index (χ4v) is 1.64. The molecule has 1 heterocycles. The van der Waals surface area contributed by atoms with Crippen LogP contribution in [0.2, 0.25) is 0 Å². The molecule has 6 heteroatoms. The van der Waals surface area contributed by atoms with Gasteiger partial charge in [0, 0.05) is 24.5 Å². The lowest BCUT2D eigenvalue weighted by Gasteiger charge is -2.06. The van der Waals surface area contributed by atoms with Crippen LogP contribution in [0.3, 0.4) is 0 Å². The van der Waals surface area contributed by atoms with Gasteiger partial charge in [0.15, 0.2) is 17.5 Å². The van der Waals surface area contributed by atoms with Crippen LogP contribution >= 0.6 is 0 Å². The maximum absolute atomic E-state index is 13.4. The molecule has 0 fully saturated rings. The molecule has 0 aliphatic carbocycles. The fourth-order valence-electron chi connectivity index (χ4n) is 1.64. The summed E-state index contributed by atoms with van der Waals surface area (Å²) in [6, 6.07) is 5.33. The molecule has 1 N–H and O–H groups in total. The molecule has 2 rings (SSSR count). The first-order chi connectivity index (χ1) is 9.58. The highest BCUT2D eigenvalue weighted by Crippen LogP contribution is 2.15. The van der Waals surface area contributed by atoms with Crippen molar-refractivity contribution in [1.82, 2.24) is 10.3 Å². The van der Waals surface area contributed by atoms with Gasteiger partial charge < -0.3 is 5.32 Å². The van der Waals surface area contributed by atoms with Crippen LogP contribution in [0.5, 0.6) is 0 Å². The van der Waals surface area contributed by atoms with Crippen LogP contribution < -0.4 is 5.32 Å². The van der Waals surface area contributed by atoms with Gasteiger partial charge in [-0.1, -0.05) is 12.1 Å². The van der Waals surface area contributed by atoms with Crippen molar-refractivity contribution in [2.75, 3.05) is 0 Å². The van der Waals surface area contributed by atoms with Crippen molar-refractivity contribution in [3.05, 3.63) is 65.2 Å². The number of hydrogen-bond acceptors (Lipinski definition) is 2. The molecule has 2 aromatic rings. The van der Waals surface area contributed by atoms with Crippen LogP contribution in [0.4, 0.5) is 13.2 Å². The molecule has 104 valence electrons. The Morgan fingerprint density at radius 3 is 2.65 bits per heavy atom. The minimum absolute atomic E-state index is 0.187. The smallest absolute Gasteiger partial charge is 0.224 e. The molecule has 0 unspecified atom stereocenters. The lowest BCUT2D eigenvalue weighted by molar-refractivity contribution is -0.120. The van der Waals surface area contributed by atoms with Crippen molar-refractivity contribution >= 4 is 5.91 Å². The molecule has 20 heavy (non-hydrogen) atoms. The van der Waals surface area contributed by atoms with Crippen LogP contribution in [-0.2, 0) is 17.8 Å². The van der Waals surface area contributed by atoms with Crippen molar-refractivity contribution in [2.45, 2.75) is 13.0 Å². The van der Waals surface area contributed by atoms with Gasteiger partial charge >= 0.3 is 0 Å². The van der Waals surface area contributed by atoms with Crippen molar-refractivity contribution in [2.24, 2.45) is 0 Å². The number of nitrogens with one attached hydrogen (secondary N) is 1. The molecule has 1 aromatic carbocycles. The topological polar surface area (TPSA) is 42.0 Å². The van der Waals surface area contributed by atoms with Gasteiger partial charge in [-0.25, -0.2) is 13.2 Å². The van der Waals surface area contributed by atoms with Crippen LogP contribution in [-0.4, -0.2) is 10.9 Å². The lowest BCUT2D eigenvalue weighted by Crippen LogP contribution is -2.25. The van der Waals surface area contributed by atoms with Gasteiger partial charge in [-0.15, -0.1) is 0 Å². The van der Waals surface area contributed by atoms with Gasteiger partial charge in [-0.05, 0) is 17.7 Å². The third kappa shape index (κ3) is 3.34. The number of halogens is 3. The number of amides is 1. The SMILES string of the molecule is O=C(Cc1ccc(F)c(F)c1F)NCc1cccnc1. The average Bonchev–Trinajstić information content (AvgIpc) is 2.47. The van der Waals surface area contributed by atoms with E-state index in [2.05, 4.69) is 10.3 Å². The molecule has 0 saturated carbocycles. The number of hydrogen-bond donors (Lipinski definition) is 1. The van der Waals surface area contributed by atoms with Gasteiger partial charge in [-0.3, -0.25) is 9.78 Å². The number of nitrogens with zero attached hydrogens (tertiary/aromatic N) is 1. The first kappa shape index (κ1) is 14.0. The van der Waals surface area contributed by atoms with Gasteiger partial charge in [0.05, 0.1) is 6.42 Å². The first-order valence-corrected chi connectivity index (χ1v) is 5.86.